The third kappa shape index (κ3) is 8.49. The fourth-order valence-corrected chi connectivity index (χ4v) is 9.00. The van der Waals surface area contributed by atoms with Gasteiger partial charge in [0.2, 0.25) is 0 Å². The van der Waals surface area contributed by atoms with E-state index in [1.165, 1.54) is 27.8 Å². The maximum absolute atomic E-state index is 6.83. The van der Waals surface area contributed by atoms with Crippen LogP contribution in [0.15, 0.2) is 188 Å². The van der Waals surface area contributed by atoms with Gasteiger partial charge in [-0.1, -0.05) is 169 Å². The van der Waals surface area contributed by atoms with Crippen LogP contribution in [-0.2, 0) is 37.3 Å². The van der Waals surface area contributed by atoms with E-state index in [1.54, 1.807) is 0 Å². The van der Waals surface area contributed by atoms with Gasteiger partial charge in [0.25, 0.3) is 0 Å². The molecule has 0 amide bonds. The van der Waals surface area contributed by atoms with Crippen molar-refractivity contribution >= 4 is 33.2 Å². The number of pyridine rings is 1. The summed E-state index contributed by atoms with van der Waals surface area (Å²) in [6.45, 7) is 18.0. The van der Waals surface area contributed by atoms with Crippen LogP contribution in [-0.4, -0.2) is 9.55 Å². The monoisotopic (exact) mass is 1040 g/mol. The van der Waals surface area contributed by atoms with Gasteiger partial charge in [-0.15, -0.1) is 53.6 Å². The number of anilines is 2. The van der Waals surface area contributed by atoms with Gasteiger partial charge in [-0.25, -0.2) is 4.98 Å². The molecule has 2 aromatic heterocycles. The Morgan fingerprint density at radius 2 is 1.14 bits per heavy atom. The summed E-state index contributed by atoms with van der Waals surface area (Å²) in [6.07, 6.45) is 6.08. The molecule has 6 heteroatoms. The zero-order valence-electron chi connectivity index (χ0n) is 38.5. The fourth-order valence-electron chi connectivity index (χ4n) is 9.00. The second kappa shape index (κ2) is 17.6. The van der Waals surface area contributed by atoms with Gasteiger partial charge in [-0.05, 0) is 86.9 Å². The molecule has 0 aliphatic carbocycles. The average molecular weight is 1040 g/mol. The first-order valence-electron chi connectivity index (χ1n) is 22.4. The summed E-state index contributed by atoms with van der Waals surface area (Å²) in [5.74, 6) is 2.02. The number of ether oxygens (including phenoxy) is 1. The first-order chi connectivity index (χ1) is 31.3. The minimum absolute atomic E-state index is 0. The zero-order chi connectivity index (χ0) is 44.9. The Bertz CT molecular complexity index is 3200. The summed E-state index contributed by atoms with van der Waals surface area (Å²) in [4.78, 5) is 9.22. The van der Waals surface area contributed by atoms with Crippen LogP contribution in [0.3, 0.4) is 0 Å². The molecule has 0 N–H and O–H groups in total. The quantitative estimate of drug-likeness (QED) is 0.128. The third-order valence-electron chi connectivity index (χ3n) is 13.1. The van der Waals surface area contributed by atoms with Crippen LogP contribution in [0, 0.1) is 18.8 Å². The van der Waals surface area contributed by atoms with E-state index in [1.807, 2.05) is 18.3 Å². The zero-order valence-corrected chi connectivity index (χ0v) is 40.8. The van der Waals surface area contributed by atoms with Gasteiger partial charge < -0.3 is 19.1 Å². The second-order valence-corrected chi connectivity index (χ2v) is 19.2. The topological polar surface area (TPSA) is 33.5 Å². The first-order valence-corrected chi connectivity index (χ1v) is 22.4. The van der Waals surface area contributed by atoms with Crippen molar-refractivity contribution in [1.29, 1.82) is 0 Å². The number of nitrogens with zero attached hydrogens (tertiary/aromatic N) is 4. The third-order valence-corrected chi connectivity index (χ3v) is 13.1. The molecule has 9 aromatic rings. The Morgan fingerprint density at radius 3 is 1.82 bits per heavy atom. The van der Waals surface area contributed by atoms with E-state index < -0.39 is 0 Å². The molecule has 5 nitrogen and oxygen atoms in total. The van der Waals surface area contributed by atoms with Crippen molar-refractivity contribution in [1.82, 2.24) is 9.55 Å². The molecule has 0 fully saturated rings. The predicted octanol–water partition coefficient (Wildman–Crippen LogP) is 15.1. The van der Waals surface area contributed by atoms with Crippen molar-refractivity contribution in [2.45, 2.75) is 64.7 Å². The molecule has 1 aliphatic rings. The molecule has 0 unspecified atom stereocenters. The van der Waals surface area contributed by atoms with Gasteiger partial charge in [-0.2, -0.15) is 6.07 Å². The van der Waals surface area contributed by atoms with Gasteiger partial charge in [0.05, 0.1) is 0 Å². The van der Waals surface area contributed by atoms with Crippen molar-refractivity contribution in [3.05, 3.63) is 235 Å². The van der Waals surface area contributed by atoms with E-state index in [4.69, 9.17) is 9.72 Å². The molecule has 66 heavy (non-hydrogen) atoms. The minimum atomic E-state index is -0.208. The molecule has 0 radical (unpaired) electrons. The predicted molar refractivity (Wildman–Crippen MR) is 269 cm³/mol. The Labute approximate surface area is 404 Å². The summed E-state index contributed by atoms with van der Waals surface area (Å²) in [5.41, 5.74) is 11.8. The number of aromatic nitrogens is 2. The van der Waals surface area contributed by atoms with Gasteiger partial charge in [0.1, 0.15) is 5.82 Å². The number of fused-ring (bicyclic) bond motifs is 3. The molecular weight excluding hydrogens is 988 g/mol. The number of hydrogen-bond acceptors (Lipinski definition) is 4. The molecule has 10 rings (SSSR count). The van der Waals surface area contributed by atoms with Gasteiger partial charge >= 0.3 is 0 Å². The number of rotatable bonds is 10. The Morgan fingerprint density at radius 1 is 0.500 bits per heavy atom. The van der Waals surface area contributed by atoms with Crippen molar-refractivity contribution in [2.24, 2.45) is 0 Å². The average Bonchev–Trinajstić information content (AvgIpc) is 3.96. The maximum atomic E-state index is 6.83. The van der Waals surface area contributed by atoms with E-state index in [9.17, 15) is 0 Å². The maximum Gasteiger partial charge on any atom is 0.135 e. The summed E-state index contributed by atoms with van der Waals surface area (Å²) in [6, 6.07) is 67.5. The largest absolute Gasteiger partial charge is 0.509 e. The van der Waals surface area contributed by atoms with Gasteiger partial charge in [0.15, 0.2) is 0 Å². The van der Waals surface area contributed by atoms with E-state index in [-0.39, 0.29) is 37.3 Å². The molecular formula is C60H53N4OPt-3. The van der Waals surface area contributed by atoms with Crippen molar-refractivity contribution in [3.8, 4) is 28.4 Å². The van der Waals surface area contributed by atoms with Crippen LogP contribution in [0.1, 0.15) is 76.3 Å². The Hall–Kier alpha value is -6.68. The van der Waals surface area contributed by atoms with Crippen LogP contribution in [0.5, 0.6) is 11.5 Å². The van der Waals surface area contributed by atoms with Crippen molar-refractivity contribution in [2.75, 3.05) is 9.80 Å². The van der Waals surface area contributed by atoms with Crippen LogP contribution < -0.4 is 14.5 Å². The molecule has 0 saturated carbocycles. The summed E-state index contributed by atoms with van der Waals surface area (Å²) < 4.78 is 9.07. The fraction of sp³-hybridized carbons (Fsp3) is 0.167. The van der Waals surface area contributed by atoms with Crippen LogP contribution in [0.4, 0.5) is 11.4 Å². The summed E-state index contributed by atoms with van der Waals surface area (Å²) in [7, 11) is 0. The Kier molecular flexibility index (Phi) is 11.9. The minimum Gasteiger partial charge on any atom is -0.509 e. The molecule has 0 bridgehead atoms. The molecule has 0 spiro atoms. The van der Waals surface area contributed by atoms with E-state index in [0.29, 0.717) is 11.5 Å². The Balaban J connectivity index is 0.00000548. The molecule has 3 heterocycles. The molecule has 0 atom stereocenters. The van der Waals surface area contributed by atoms with Crippen LogP contribution in [0.2, 0.25) is 0 Å². The molecule has 0 saturated heterocycles. The summed E-state index contributed by atoms with van der Waals surface area (Å²) >= 11 is 0. The number of benzene rings is 7. The smallest absolute Gasteiger partial charge is 0.135 e. The van der Waals surface area contributed by atoms with Crippen LogP contribution >= 0.6 is 0 Å². The standard InChI is InChI=1S/C60H53N4O.Pt/c1-58(2,3)46-30-31-61-57(38-46)64-55-29-26-48(60(6,7)45-22-15-10-16-23-45)37-54(55)53-28-27-51(40-56(53)64)65-52-35-43(42-18-11-8-12-19-42)34-50(39-52)63-33-32-62(41-63)49-25-17-24-47(36-49)59(4,5)44-20-13-9-14-21-44;/h8-38,41H,1-7H3;/q-3;. The normalized spacial score (nSPS) is 13.1. The second-order valence-electron chi connectivity index (χ2n) is 19.2. The van der Waals surface area contributed by atoms with E-state index in [0.717, 1.165) is 50.1 Å². The van der Waals surface area contributed by atoms with Gasteiger partial charge in [0, 0.05) is 60.8 Å². The molecule has 7 aromatic carbocycles. The van der Waals surface area contributed by atoms with Gasteiger partial charge in [-0.3, -0.25) is 0 Å². The SMILES string of the molecule is CC(C)(C)c1ccnc(-n2c3[c-]c(Oc4[c-]c(N5C=CN(c6cccc(C(C)(C)c7ccccc7)c6)[CH-]5)cc(-c5ccccc5)c4)ccc3c3cc(C(C)(C)c4ccccc4)ccc32)c1.[Pt]. The van der Waals surface area contributed by atoms with Crippen molar-refractivity contribution in [3.63, 3.8) is 0 Å². The van der Waals surface area contributed by atoms with Crippen LogP contribution in [0.25, 0.3) is 38.8 Å². The molecule has 1 aliphatic heterocycles. The number of hydrogen-bond donors (Lipinski definition) is 0. The molecule has 332 valence electrons. The van der Waals surface area contributed by atoms with E-state index in [2.05, 4.69) is 252 Å². The van der Waals surface area contributed by atoms with Crippen molar-refractivity contribution < 1.29 is 25.8 Å². The van der Waals surface area contributed by atoms with E-state index >= 15 is 0 Å². The summed E-state index contributed by atoms with van der Waals surface area (Å²) in [5, 5.41) is 2.22. The first kappa shape index (κ1) is 44.5.